The SMILES string of the molecule is CN[C@H](C)c1sc(-c2ccc(C)cc2)nc1C. The number of hydrogen-bond donors (Lipinski definition) is 1. The molecule has 0 bridgehead atoms. The van der Waals surface area contributed by atoms with Crippen LogP contribution in [0, 0.1) is 13.8 Å². The van der Waals surface area contributed by atoms with Crippen LogP contribution >= 0.6 is 11.3 Å². The molecule has 0 aliphatic heterocycles. The summed E-state index contributed by atoms with van der Waals surface area (Å²) < 4.78 is 0. The Balaban J connectivity index is 2.37. The minimum absolute atomic E-state index is 0.367. The molecule has 1 heterocycles. The molecule has 0 fully saturated rings. The quantitative estimate of drug-likeness (QED) is 0.893. The standard InChI is InChI=1S/C14H18N2S/c1-9-5-7-12(8-6-9)14-16-11(3)13(17-14)10(2)15-4/h5-8,10,15H,1-4H3/t10-/m1/s1. The molecule has 0 aliphatic carbocycles. The maximum atomic E-state index is 4.66. The topological polar surface area (TPSA) is 24.9 Å². The fourth-order valence-electron chi connectivity index (χ4n) is 1.76. The van der Waals surface area contributed by atoms with Crippen molar-refractivity contribution in [2.24, 2.45) is 0 Å². The zero-order valence-corrected chi connectivity index (χ0v) is 11.6. The van der Waals surface area contributed by atoms with E-state index in [1.165, 1.54) is 16.0 Å². The van der Waals surface area contributed by atoms with Crippen molar-refractivity contribution in [3.8, 4) is 10.6 Å². The van der Waals surface area contributed by atoms with Crippen LogP contribution in [0.15, 0.2) is 24.3 Å². The first-order valence-electron chi connectivity index (χ1n) is 5.83. The lowest BCUT2D eigenvalue weighted by Crippen LogP contribution is -2.11. The molecular weight excluding hydrogens is 228 g/mol. The van der Waals surface area contributed by atoms with Gasteiger partial charge in [0.15, 0.2) is 0 Å². The molecular formula is C14H18N2S. The van der Waals surface area contributed by atoms with Crippen LogP contribution in [0.4, 0.5) is 0 Å². The molecule has 0 amide bonds. The molecule has 0 aliphatic rings. The first kappa shape index (κ1) is 12.3. The van der Waals surface area contributed by atoms with Gasteiger partial charge in [0.05, 0.1) is 5.69 Å². The molecule has 90 valence electrons. The van der Waals surface area contributed by atoms with Crippen molar-refractivity contribution in [1.82, 2.24) is 10.3 Å². The van der Waals surface area contributed by atoms with Gasteiger partial charge < -0.3 is 5.32 Å². The van der Waals surface area contributed by atoms with E-state index >= 15 is 0 Å². The van der Waals surface area contributed by atoms with Crippen molar-refractivity contribution >= 4 is 11.3 Å². The molecule has 2 nitrogen and oxygen atoms in total. The van der Waals surface area contributed by atoms with Crippen molar-refractivity contribution in [2.45, 2.75) is 26.8 Å². The monoisotopic (exact) mass is 246 g/mol. The number of rotatable bonds is 3. The molecule has 1 aromatic carbocycles. The van der Waals surface area contributed by atoms with E-state index in [1.54, 1.807) is 11.3 Å². The van der Waals surface area contributed by atoms with Gasteiger partial charge in [0.1, 0.15) is 5.01 Å². The number of aryl methyl sites for hydroxylation is 2. The van der Waals surface area contributed by atoms with Gasteiger partial charge in [-0.2, -0.15) is 0 Å². The largest absolute Gasteiger partial charge is 0.312 e. The van der Waals surface area contributed by atoms with Crippen molar-refractivity contribution in [3.05, 3.63) is 40.4 Å². The summed E-state index contributed by atoms with van der Waals surface area (Å²) in [5.41, 5.74) is 3.62. The zero-order valence-electron chi connectivity index (χ0n) is 10.7. The normalized spacial score (nSPS) is 12.7. The van der Waals surface area contributed by atoms with E-state index in [2.05, 4.69) is 55.3 Å². The third-order valence-electron chi connectivity index (χ3n) is 2.96. The van der Waals surface area contributed by atoms with E-state index in [0.717, 1.165) is 10.7 Å². The van der Waals surface area contributed by atoms with Gasteiger partial charge in [-0.05, 0) is 27.8 Å². The smallest absolute Gasteiger partial charge is 0.123 e. The second-order valence-electron chi connectivity index (χ2n) is 4.35. The van der Waals surface area contributed by atoms with E-state index in [9.17, 15) is 0 Å². The molecule has 2 aromatic rings. The minimum atomic E-state index is 0.367. The van der Waals surface area contributed by atoms with Crippen LogP contribution in [0.5, 0.6) is 0 Å². The Hall–Kier alpha value is -1.19. The number of benzene rings is 1. The average molecular weight is 246 g/mol. The number of nitrogens with one attached hydrogen (secondary N) is 1. The van der Waals surface area contributed by atoms with E-state index in [1.807, 2.05) is 7.05 Å². The van der Waals surface area contributed by atoms with E-state index in [4.69, 9.17) is 0 Å². The maximum absolute atomic E-state index is 4.66. The third kappa shape index (κ3) is 2.56. The summed E-state index contributed by atoms with van der Waals surface area (Å²) in [5.74, 6) is 0. The molecule has 1 N–H and O–H groups in total. The summed E-state index contributed by atoms with van der Waals surface area (Å²) in [6, 6.07) is 8.91. The lowest BCUT2D eigenvalue weighted by molar-refractivity contribution is 0.658. The van der Waals surface area contributed by atoms with Gasteiger partial charge in [0, 0.05) is 16.5 Å². The molecule has 0 unspecified atom stereocenters. The summed E-state index contributed by atoms with van der Waals surface area (Å²) in [5, 5.41) is 4.38. The molecule has 0 radical (unpaired) electrons. The molecule has 3 heteroatoms. The Morgan fingerprint density at radius 3 is 2.41 bits per heavy atom. The predicted octanol–water partition coefficient (Wildman–Crippen LogP) is 3.71. The summed E-state index contributed by atoms with van der Waals surface area (Å²) in [6.07, 6.45) is 0. The Kier molecular flexibility index (Phi) is 3.60. The van der Waals surface area contributed by atoms with Crippen LogP contribution in [-0.2, 0) is 0 Å². The molecule has 17 heavy (non-hydrogen) atoms. The summed E-state index contributed by atoms with van der Waals surface area (Å²) in [6.45, 7) is 6.35. The molecule has 1 atom stereocenters. The highest BCUT2D eigenvalue weighted by Gasteiger charge is 2.13. The van der Waals surface area contributed by atoms with E-state index in [0.29, 0.717) is 6.04 Å². The molecule has 2 rings (SSSR count). The fraction of sp³-hybridized carbons (Fsp3) is 0.357. The lowest BCUT2D eigenvalue weighted by atomic mass is 10.2. The van der Waals surface area contributed by atoms with Gasteiger partial charge in [-0.25, -0.2) is 4.98 Å². The first-order chi connectivity index (χ1) is 8.11. The van der Waals surface area contributed by atoms with Gasteiger partial charge in [-0.1, -0.05) is 29.8 Å². The van der Waals surface area contributed by atoms with Gasteiger partial charge in [-0.3, -0.25) is 0 Å². The highest BCUT2D eigenvalue weighted by atomic mass is 32.1. The summed E-state index contributed by atoms with van der Waals surface area (Å²) >= 11 is 1.78. The Labute approximate surface area is 107 Å². The van der Waals surface area contributed by atoms with Crippen molar-refractivity contribution in [3.63, 3.8) is 0 Å². The Bertz CT molecular complexity index is 499. The van der Waals surface area contributed by atoms with Crippen LogP contribution < -0.4 is 5.32 Å². The van der Waals surface area contributed by atoms with Crippen molar-refractivity contribution in [1.29, 1.82) is 0 Å². The summed E-state index contributed by atoms with van der Waals surface area (Å²) in [7, 11) is 1.98. The van der Waals surface area contributed by atoms with Crippen LogP contribution in [0.1, 0.15) is 29.1 Å². The fourth-order valence-corrected chi connectivity index (χ4v) is 2.89. The van der Waals surface area contributed by atoms with E-state index in [-0.39, 0.29) is 0 Å². The van der Waals surface area contributed by atoms with Gasteiger partial charge in [-0.15, -0.1) is 11.3 Å². The summed E-state index contributed by atoms with van der Waals surface area (Å²) in [4.78, 5) is 5.98. The highest BCUT2D eigenvalue weighted by molar-refractivity contribution is 7.15. The van der Waals surface area contributed by atoms with Crippen molar-refractivity contribution in [2.75, 3.05) is 7.05 Å². The average Bonchev–Trinajstić information content (AvgIpc) is 2.71. The van der Waals surface area contributed by atoms with Gasteiger partial charge >= 0.3 is 0 Å². The second kappa shape index (κ2) is 4.98. The maximum Gasteiger partial charge on any atom is 0.123 e. The number of nitrogens with zero attached hydrogens (tertiary/aromatic N) is 1. The van der Waals surface area contributed by atoms with E-state index < -0.39 is 0 Å². The van der Waals surface area contributed by atoms with Crippen LogP contribution in [0.2, 0.25) is 0 Å². The first-order valence-corrected chi connectivity index (χ1v) is 6.65. The van der Waals surface area contributed by atoms with Crippen LogP contribution in [0.3, 0.4) is 0 Å². The molecule has 0 saturated heterocycles. The highest BCUT2D eigenvalue weighted by Crippen LogP contribution is 2.31. The van der Waals surface area contributed by atoms with Gasteiger partial charge in [0.2, 0.25) is 0 Å². The zero-order chi connectivity index (χ0) is 12.4. The molecule has 0 spiro atoms. The lowest BCUT2D eigenvalue weighted by Gasteiger charge is -2.06. The number of thiazole rings is 1. The predicted molar refractivity (Wildman–Crippen MR) is 74.5 cm³/mol. The minimum Gasteiger partial charge on any atom is -0.312 e. The van der Waals surface area contributed by atoms with Crippen molar-refractivity contribution < 1.29 is 0 Å². The molecule has 0 saturated carbocycles. The van der Waals surface area contributed by atoms with Gasteiger partial charge in [0.25, 0.3) is 0 Å². The van der Waals surface area contributed by atoms with Crippen LogP contribution in [0.25, 0.3) is 10.6 Å². The number of hydrogen-bond acceptors (Lipinski definition) is 3. The van der Waals surface area contributed by atoms with Crippen LogP contribution in [-0.4, -0.2) is 12.0 Å². The Morgan fingerprint density at radius 2 is 1.82 bits per heavy atom. The Morgan fingerprint density at radius 1 is 1.18 bits per heavy atom. The second-order valence-corrected chi connectivity index (χ2v) is 5.38. The number of aromatic nitrogens is 1. The third-order valence-corrected chi connectivity index (χ3v) is 4.35. The molecule has 1 aromatic heterocycles.